The molecule has 1 atom stereocenters. The van der Waals surface area contributed by atoms with Crippen LogP contribution in [0.5, 0.6) is 0 Å². The zero-order chi connectivity index (χ0) is 24.4. The Morgan fingerprint density at radius 3 is 2.43 bits per heavy atom. The molecule has 2 N–H and O–H groups in total. The van der Waals surface area contributed by atoms with E-state index < -0.39 is 0 Å². The number of fused-ring (bicyclic) bond motifs is 1. The first-order valence-electron chi connectivity index (χ1n) is 11.6. The summed E-state index contributed by atoms with van der Waals surface area (Å²) in [7, 11) is 0. The fourth-order valence-electron chi connectivity index (χ4n) is 4.17. The van der Waals surface area contributed by atoms with Gasteiger partial charge in [-0.2, -0.15) is 5.10 Å². The summed E-state index contributed by atoms with van der Waals surface area (Å²) in [5, 5.41) is 8.65. The Kier molecular flexibility index (Phi) is 6.38. The predicted octanol–water partition coefficient (Wildman–Crippen LogP) is 6.13. The maximum absolute atomic E-state index is 13.3. The summed E-state index contributed by atoms with van der Waals surface area (Å²) in [6.07, 6.45) is 2.11. The van der Waals surface area contributed by atoms with Gasteiger partial charge in [0, 0.05) is 22.3 Å². The number of nitrogens with one attached hydrogen (secondary N) is 2. The maximum Gasteiger partial charge on any atom is 0.225 e. The number of amides is 1. The fourth-order valence-corrected chi connectivity index (χ4v) is 4.30. The molecule has 0 aliphatic rings. The summed E-state index contributed by atoms with van der Waals surface area (Å²) in [6, 6.07) is 25.0. The molecule has 6 nitrogen and oxygen atoms in total. The van der Waals surface area contributed by atoms with Gasteiger partial charge in [0.1, 0.15) is 5.82 Å². The van der Waals surface area contributed by atoms with Crippen molar-refractivity contribution in [3.8, 4) is 16.9 Å². The first-order chi connectivity index (χ1) is 17.0. The van der Waals surface area contributed by atoms with Crippen LogP contribution in [0, 0.1) is 5.92 Å². The highest BCUT2D eigenvalue weighted by Gasteiger charge is 2.23. The SMILES string of the molecule is CC(C)[C@H](NC(=O)Cc1cn(-c2ccccc2)nc1-c1ccc(Cl)cc1)c1nc2ccccc2[nH]1. The minimum atomic E-state index is -0.238. The van der Waals surface area contributed by atoms with E-state index in [4.69, 9.17) is 21.7 Å². The summed E-state index contributed by atoms with van der Waals surface area (Å²) < 4.78 is 1.81. The summed E-state index contributed by atoms with van der Waals surface area (Å²) >= 11 is 6.10. The number of carbonyl (C=O) groups excluding carboxylic acids is 1. The highest BCUT2D eigenvalue weighted by Crippen LogP contribution is 2.27. The Hall–Kier alpha value is -3.90. The Morgan fingerprint density at radius 2 is 1.71 bits per heavy atom. The fraction of sp³-hybridized carbons (Fsp3) is 0.179. The Labute approximate surface area is 209 Å². The molecule has 0 unspecified atom stereocenters. The van der Waals surface area contributed by atoms with Crippen LogP contribution in [-0.2, 0) is 11.2 Å². The summed E-state index contributed by atoms with van der Waals surface area (Å²) in [4.78, 5) is 21.4. The number of imidazole rings is 1. The van der Waals surface area contributed by atoms with Crippen LogP contribution < -0.4 is 5.32 Å². The van der Waals surface area contributed by atoms with Crippen molar-refractivity contribution in [3.63, 3.8) is 0 Å². The molecule has 2 aromatic heterocycles. The summed E-state index contributed by atoms with van der Waals surface area (Å²) in [6.45, 7) is 4.15. The normalized spacial score (nSPS) is 12.2. The van der Waals surface area contributed by atoms with Crippen LogP contribution in [-0.4, -0.2) is 25.7 Å². The van der Waals surface area contributed by atoms with Gasteiger partial charge in [-0.25, -0.2) is 9.67 Å². The molecule has 0 aliphatic carbocycles. The van der Waals surface area contributed by atoms with E-state index in [1.165, 1.54) is 0 Å². The molecule has 0 saturated heterocycles. The molecule has 0 aliphatic heterocycles. The van der Waals surface area contributed by atoms with Gasteiger partial charge in [-0.1, -0.05) is 67.9 Å². The molecule has 7 heteroatoms. The number of hydrogen-bond acceptors (Lipinski definition) is 3. The molecule has 2 heterocycles. The van der Waals surface area contributed by atoms with Crippen LogP contribution in [0.25, 0.3) is 28.0 Å². The van der Waals surface area contributed by atoms with Gasteiger partial charge < -0.3 is 10.3 Å². The second kappa shape index (κ2) is 9.76. The van der Waals surface area contributed by atoms with Crippen molar-refractivity contribution in [1.82, 2.24) is 25.1 Å². The molecule has 0 radical (unpaired) electrons. The van der Waals surface area contributed by atoms with Crippen LogP contribution in [0.2, 0.25) is 5.02 Å². The molecule has 35 heavy (non-hydrogen) atoms. The quantitative estimate of drug-likeness (QED) is 0.292. The summed E-state index contributed by atoms with van der Waals surface area (Å²) in [5.41, 5.74) is 5.26. The number of H-pyrrole nitrogens is 1. The van der Waals surface area contributed by atoms with Crippen molar-refractivity contribution in [2.45, 2.75) is 26.3 Å². The molecule has 1 amide bonds. The Balaban J connectivity index is 1.44. The van der Waals surface area contributed by atoms with Gasteiger partial charge in [-0.15, -0.1) is 0 Å². The van der Waals surface area contributed by atoms with Gasteiger partial charge in [0.05, 0.1) is 34.9 Å². The van der Waals surface area contributed by atoms with Gasteiger partial charge in [-0.05, 0) is 42.3 Å². The number of halogens is 1. The average Bonchev–Trinajstić information content (AvgIpc) is 3.48. The third-order valence-corrected chi connectivity index (χ3v) is 6.22. The molecular weight excluding hydrogens is 458 g/mol. The van der Waals surface area contributed by atoms with E-state index in [1.54, 1.807) is 0 Å². The molecule has 5 rings (SSSR count). The lowest BCUT2D eigenvalue weighted by Gasteiger charge is -2.20. The number of hydrogen-bond donors (Lipinski definition) is 2. The minimum absolute atomic E-state index is 0.0908. The monoisotopic (exact) mass is 483 g/mol. The lowest BCUT2D eigenvalue weighted by molar-refractivity contribution is -0.121. The average molecular weight is 484 g/mol. The largest absolute Gasteiger partial charge is 0.346 e. The standard InChI is InChI=1S/C28H26ClN5O/c1-18(2)26(28-30-23-10-6-7-11-24(23)31-28)32-25(35)16-20-17-34(22-8-4-3-5-9-22)33-27(20)19-12-14-21(29)15-13-19/h3-15,17-18,26H,16H2,1-2H3,(H,30,31)(H,32,35)/t26-/m0/s1. The molecule has 0 saturated carbocycles. The van der Waals surface area contributed by atoms with Crippen molar-refractivity contribution < 1.29 is 4.79 Å². The van der Waals surface area contributed by atoms with E-state index in [-0.39, 0.29) is 24.3 Å². The third-order valence-electron chi connectivity index (χ3n) is 5.96. The van der Waals surface area contributed by atoms with Crippen molar-refractivity contribution >= 4 is 28.5 Å². The van der Waals surface area contributed by atoms with E-state index >= 15 is 0 Å². The van der Waals surface area contributed by atoms with Crippen LogP contribution in [0.15, 0.2) is 85.1 Å². The number of rotatable bonds is 7. The van der Waals surface area contributed by atoms with E-state index in [2.05, 4.69) is 24.1 Å². The van der Waals surface area contributed by atoms with Gasteiger partial charge in [0.2, 0.25) is 5.91 Å². The molecule has 0 bridgehead atoms. The van der Waals surface area contributed by atoms with Crippen LogP contribution >= 0.6 is 11.6 Å². The van der Waals surface area contributed by atoms with Crippen molar-refractivity contribution in [2.24, 2.45) is 5.92 Å². The van der Waals surface area contributed by atoms with Gasteiger partial charge >= 0.3 is 0 Å². The van der Waals surface area contributed by atoms with Crippen molar-refractivity contribution in [1.29, 1.82) is 0 Å². The first-order valence-corrected chi connectivity index (χ1v) is 12.0. The van der Waals surface area contributed by atoms with E-state index in [9.17, 15) is 4.79 Å². The molecular formula is C28H26ClN5O. The third kappa shape index (κ3) is 4.98. The zero-order valence-corrected chi connectivity index (χ0v) is 20.3. The molecule has 5 aromatic rings. The second-order valence-corrected chi connectivity index (χ2v) is 9.33. The maximum atomic E-state index is 13.3. The molecule has 0 spiro atoms. The lowest BCUT2D eigenvalue weighted by Crippen LogP contribution is -2.33. The van der Waals surface area contributed by atoms with Crippen molar-refractivity contribution in [2.75, 3.05) is 0 Å². The smallest absolute Gasteiger partial charge is 0.225 e. The minimum Gasteiger partial charge on any atom is -0.346 e. The number of carbonyl (C=O) groups is 1. The number of aromatic nitrogens is 4. The number of benzene rings is 3. The van der Waals surface area contributed by atoms with Gasteiger partial charge in [0.15, 0.2) is 0 Å². The first kappa shape index (κ1) is 22.9. The highest BCUT2D eigenvalue weighted by atomic mass is 35.5. The van der Waals surface area contributed by atoms with Crippen LogP contribution in [0.1, 0.15) is 31.3 Å². The second-order valence-electron chi connectivity index (χ2n) is 8.90. The molecule has 3 aromatic carbocycles. The van der Waals surface area contributed by atoms with E-state index in [0.717, 1.165) is 39.4 Å². The topological polar surface area (TPSA) is 75.6 Å². The molecule has 176 valence electrons. The van der Waals surface area contributed by atoms with Crippen LogP contribution in [0.3, 0.4) is 0 Å². The van der Waals surface area contributed by atoms with E-state index in [1.807, 2.05) is 89.7 Å². The number of para-hydroxylation sites is 3. The Bertz CT molecular complexity index is 1420. The predicted molar refractivity (Wildman–Crippen MR) is 140 cm³/mol. The van der Waals surface area contributed by atoms with Gasteiger partial charge in [0.25, 0.3) is 0 Å². The van der Waals surface area contributed by atoms with Crippen molar-refractivity contribution in [3.05, 3.63) is 101 Å². The van der Waals surface area contributed by atoms with Crippen LogP contribution in [0.4, 0.5) is 0 Å². The van der Waals surface area contributed by atoms with Gasteiger partial charge in [-0.3, -0.25) is 4.79 Å². The number of aromatic amines is 1. The zero-order valence-electron chi connectivity index (χ0n) is 19.6. The highest BCUT2D eigenvalue weighted by molar-refractivity contribution is 6.30. The Morgan fingerprint density at radius 1 is 1.00 bits per heavy atom. The van der Waals surface area contributed by atoms with E-state index in [0.29, 0.717) is 5.02 Å². The lowest BCUT2D eigenvalue weighted by atomic mass is 10.0. The number of nitrogens with zero attached hydrogens (tertiary/aromatic N) is 3. The summed E-state index contributed by atoms with van der Waals surface area (Å²) in [5.74, 6) is 0.821. The molecule has 0 fully saturated rings.